The van der Waals surface area contributed by atoms with Crippen molar-refractivity contribution in [1.82, 2.24) is 24.6 Å². The van der Waals surface area contributed by atoms with Crippen LogP contribution in [0.1, 0.15) is 34.7 Å². The number of rotatable bonds is 13. The molecule has 0 saturated heterocycles. The average Bonchev–Trinajstić information content (AvgIpc) is 3.43. The number of nitrogens with one attached hydrogen (secondary N) is 2. The summed E-state index contributed by atoms with van der Waals surface area (Å²) in [5, 5.41) is 3.17. The average molecular weight is 683 g/mol. The zero-order chi connectivity index (χ0) is 32.5. The van der Waals surface area contributed by atoms with Crippen molar-refractivity contribution in [3.63, 3.8) is 0 Å². The summed E-state index contributed by atoms with van der Waals surface area (Å²) < 4.78 is 51.9. The Balaban J connectivity index is 1.34. The molecule has 0 atom stereocenters. The molecule has 2 N–H and O–H groups in total. The largest absolute Gasteiger partial charge is 0.324 e. The van der Waals surface area contributed by atoms with E-state index >= 15 is 0 Å². The Kier molecular flexibility index (Phi) is 11.4. The fraction of sp³-hybridized carbons (Fsp3) is 0.188. The van der Waals surface area contributed by atoms with Crippen LogP contribution in [-0.4, -0.2) is 47.4 Å². The van der Waals surface area contributed by atoms with Crippen LogP contribution in [-0.2, 0) is 23.9 Å². The van der Waals surface area contributed by atoms with Crippen LogP contribution < -0.4 is 10.0 Å². The number of benzene rings is 3. The van der Waals surface area contributed by atoms with Gasteiger partial charge in [0.05, 0.1) is 5.69 Å². The van der Waals surface area contributed by atoms with Crippen LogP contribution in [0.15, 0.2) is 91.4 Å². The molecule has 0 fully saturated rings. The number of thiazole rings is 1. The van der Waals surface area contributed by atoms with Crippen LogP contribution in [0.5, 0.6) is 0 Å². The zero-order valence-corrected chi connectivity index (χ0v) is 26.7. The van der Waals surface area contributed by atoms with Crippen molar-refractivity contribution < 1.29 is 22.0 Å². The van der Waals surface area contributed by atoms with Gasteiger partial charge in [-0.05, 0) is 47.4 Å². The van der Waals surface area contributed by atoms with Gasteiger partial charge < -0.3 is 4.90 Å². The van der Waals surface area contributed by atoms with Crippen LogP contribution in [0.25, 0.3) is 11.3 Å². The molecule has 0 aliphatic heterocycles. The quantitative estimate of drug-likeness (QED) is 0.123. The molecule has 2 heterocycles. The highest BCUT2D eigenvalue weighted by Gasteiger charge is 2.22. The Hall–Kier alpha value is -4.30. The van der Waals surface area contributed by atoms with E-state index in [1.165, 1.54) is 24.3 Å². The summed E-state index contributed by atoms with van der Waals surface area (Å²) >= 11 is 7.64. The van der Waals surface area contributed by atoms with Crippen LogP contribution in [0.4, 0.5) is 18.7 Å². The summed E-state index contributed by atoms with van der Waals surface area (Å²) in [6.07, 6.45) is 5.73. The first-order valence-electron chi connectivity index (χ1n) is 14.2. The van der Waals surface area contributed by atoms with Gasteiger partial charge in [0, 0.05) is 56.1 Å². The second kappa shape index (κ2) is 15.8. The molecule has 2 amide bonds. The molecular formula is C32H29ClF2N6O3S2. The standard InChI is InChI=1S/C32H29ClF2N6O3S2/c33-30-29(24-3-1-21(2-4-24)19-38-46(43)44)39-31(45-30)40-32(42)41(17-13-27-20-36-15-16-37-27)18-14-28(22-5-9-25(34)10-6-22)23-7-11-26(35)12-8-23/h1-12,15-16,20,28,46H,13-14,17-19H2,(H,38,43,44)(H,39,40,42). The normalized spacial score (nSPS) is 11.2. The van der Waals surface area contributed by atoms with Gasteiger partial charge in [-0.15, -0.1) is 0 Å². The molecule has 0 spiro atoms. The van der Waals surface area contributed by atoms with Gasteiger partial charge in [-0.1, -0.05) is 71.5 Å². The number of aromatic nitrogens is 3. The molecule has 238 valence electrons. The number of thiol groups is 1. The van der Waals surface area contributed by atoms with Gasteiger partial charge in [-0.25, -0.2) is 31.7 Å². The lowest BCUT2D eigenvalue weighted by Crippen LogP contribution is -2.38. The molecule has 2 aromatic heterocycles. The van der Waals surface area contributed by atoms with E-state index in [4.69, 9.17) is 11.6 Å². The summed E-state index contributed by atoms with van der Waals surface area (Å²) in [4.78, 5) is 28.3. The molecule has 0 radical (unpaired) electrons. The molecule has 0 saturated carbocycles. The Bertz CT molecular complexity index is 1770. The number of carbonyl (C=O) groups excluding carboxylic acids is 1. The van der Waals surface area contributed by atoms with Crippen molar-refractivity contribution in [3.05, 3.63) is 130 Å². The highest BCUT2D eigenvalue weighted by atomic mass is 35.5. The Labute approximate surface area is 275 Å². The second-order valence-electron chi connectivity index (χ2n) is 10.2. The van der Waals surface area contributed by atoms with Crippen LogP contribution in [0.2, 0.25) is 4.34 Å². The first-order valence-corrected chi connectivity index (χ1v) is 16.6. The van der Waals surface area contributed by atoms with Gasteiger partial charge >= 0.3 is 6.03 Å². The molecule has 9 nitrogen and oxygen atoms in total. The first kappa shape index (κ1) is 33.1. The lowest BCUT2D eigenvalue weighted by atomic mass is 9.88. The lowest BCUT2D eigenvalue weighted by Gasteiger charge is -2.26. The summed E-state index contributed by atoms with van der Waals surface area (Å²) in [6.45, 7) is 0.793. The molecule has 0 aliphatic carbocycles. The van der Waals surface area contributed by atoms with Gasteiger partial charge in [0.15, 0.2) is 5.13 Å². The van der Waals surface area contributed by atoms with E-state index in [1.807, 2.05) is 0 Å². The fourth-order valence-electron chi connectivity index (χ4n) is 4.86. The lowest BCUT2D eigenvalue weighted by molar-refractivity contribution is 0.210. The summed E-state index contributed by atoms with van der Waals surface area (Å²) in [6, 6.07) is 19.0. The van der Waals surface area contributed by atoms with Crippen LogP contribution in [0.3, 0.4) is 0 Å². The van der Waals surface area contributed by atoms with Crippen molar-refractivity contribution >= 4 is 45.0 Å². The van der Waals surface area contributed by atoms with Gasteiger partial charge in [0.1, 0.15) is 21.7 Å². The van der Waals surface area contributed by atoms with Gasteiger partial charge in [0.2, 0.25) is 10.9 Å². The molecule has 0 unspecified atom stereocenters. The molecular weight excluding hydrogens is 654 g/mol. The molecule has 0 bridgehead atoms. The van der Waals surface area contributed by atoms with Gasteiger partial charge in [-0.3, -0.25) is 15.3 Å². The third-order valence-corrected chi connectivity index (χ3v) is 8.80. The highest BCUT2D eigenvalue weighted by Crippen LogP contribution is 2.35. The highest BCUT2D eigenvalue weighted by molar-refractivity contribution is 7.70. The Morgan fingerprint density at radius 3 is 2.15 bits per heavy atom. The maximum absolute atomic E-state index is 13.7. The van der Waals surface area contributed by atoms with E-state index in [0.717, 1.165) is 28.0 Å². The van der Waals surface area contributed by atoms with E-state index in [1.54, 1.807) is 72.0 Å². The van der Waals surface area contributed by atoms with Gasteiger partial charge in [-0.2, -0.15) is 0 Å². The zero-order valence-electron chi connectivity index (χ0n) is 24.3. The van der Waals surface area contributed by atoms with Crippen molar-refractivity contribution in [3.8, 4) is 11.3 Å². The number of hydrogen-bond acceptors (Lipinski definition) is 7. The van der Waals surface area contributed by atoms with Crippen molar-refractivity contribution in [1.29, 1.82) is 0 Å². The van der Waals surface area contributed by atoms with Crippen molar-refractivity contribution in [2.75, 3.05) is 18.4 Å². The monoisotopic (exact) mass is 682 g/mol. The number of amides is 2. The Morgan fingerprint density at radius 1 is 0.913 bits per heavy atom. The minimum absolute atomic E-state index is 0.165. The molecule has 3 aromatic carbocycles. The predicted octanol–water partition coefficient (Wildman–Crippen LogP) is 6.45. The maximum Gasteiger partial charge on any atom is 0.323 e. The number of nitrogens with zero attached hydrogens (tertiary/aromatic N) is 4. The van der Waals surface area contributed by atoms with E-state index in [9.17, 15) is 22.0 Å². The number of urea groups is 1. The SMILES string of the molecule is O=C(Nc1nc(-c2ccc(CN[SH](=O)=O)cc2)c(Cl)s1)N(CCc1cnccn1)CCC(c1ccc(F)cc1)c1ccc(F)cc1. The third-order valence-electron chi connectivity index (χ3n) is 7.21. The number of carbonyl (C=O) groups is 1. The molecule has 46 heavy (non-hydrogen) atoms. The molecule has 5 rings (SSSR count). The minimum Gasteiger partial charge on any atom is -0.324 e. The minimum atomic E-state index is -2.70. The van der Waals surface area contributed by atoms with E-state index in [0.29, 0.717) is 52.4 Å². The topological polar surface area (TPSA) is 117 Å². The Morgan fingerprint density at radius 2 is 1.57 bits per heavy atom. The predicted molar refractivity (Wildman–Crippen MR) is 175 cm³/mol. The number of hydrogen-bond donors (Lipinski definition) is 3. The molecule has 5 aromatic rings. The fourth-order valence-corrected chi connectivity index (χ4v) is 6.25. The van der Waals surface area contributed by atoms with Gasteiger partial charge in [0.25, 0.3) is 0 Å². The maximum atomic E-state index is 13.7. The summed E-state index contributed by atoms with van der Waals surface area (Å²) in [5.74, 6) is -0.960. The third kappa shape index (κ3) is 9.13. The van der Waals surface area contributed by atoms with E-state index < -0.39 is 16.9 Å². The summed E-state index contributed by atoms with van der Waals surface area (Å²) in [7, 11) is -2.70. The van der Waals surface area contributed by atoms with Crippen LogP contribution in [0, 0.1) is 11.6 Å². The molecule has 0 aliphatic rings. The van der Waals surface area contributed by atoms with Crippen molar-refractivity contribution in [2.45, 2.75) is 25.3 Å². The smallest absolute Gasteiger partial charge is 0.323 e. The van der Waals surface area contributed by atoms with Crippen LogP contribution >= 0.6 is 22.9 Å². The number of halogens is 3. The first-order chi connectivity index (χ1) is 22.2. The van der Waals surface area contributed by atoms with E-state index in [-0.39, 0.29) is 24.1 Å². The van der Waals surface area contributed by atoms with Crippen molar-refractivity contribution in [2.24, 2.45) is 0 Å². The summed E-state index contributed by atoms with van der Waals surface area (Å²) in [5.41, 5.74) is 4.34. The van der Waals surface area contributed by atoms with E-state index in [2.05, 4.69) is 25.0 Å². The number of anilines is 1. The second-order valence-corrected chi connectivity index (χ2v) is 12.7. The molecule has 14 heteroatoms.